The summed E-state index contributed by atoms with van der Waals surface area (Å²) in [6, 6.07) is 3.82. The molecule has 0 aliphatic carbocycles. The molecule has 164 valence electrons. The Morgan fingerprint density at radius 1 is 1.27 bits per heavy atom. The normalized spacial score (nSPS) is 13.9. The number of aromatic nitrogens is 4. The van der Waals surface area contributed by atoms with Crippen molar-refractivity contribution in [3.05, 3.63) is 22.2 Å². The first-order chi connectivity index (χ1) is 14.6. The molecule has 0 unspecified atom stereocenters. The Bertz CT molecular complexity index is 840. The summed E-state index contributed by atoms with van der Waals surface area (Å²) in [4.78, 5) is 14.1. The Labute approximate surface area is 184 Å². The van der Waals surface area contributed by atoms with Crippen molar-refractivity contribution in [1.29, 1.82) is 0 Å². The van der Waals surface area contributed by atoms with Crippen LogP contribution in [0.2, 0.25) is 0 Å². The van der Waals surface area contributed by atoms with Gasteiger partial charge in [0.1, 0.15) is 0 Å². The number of nitrogens with one attached hydrogen (secondary N) is 1. The van der Waals surface area contributed by atoms with Gasteiger partial charge in [-0.05, 0) is 57.4 Å². The van der Waals surface area contributed by atoms with E-state index in [9.17, 15) is 4.79 Å². The number of carbonyl (C=O) groups excluding carboxylic acids is 1. The molecule has 0 atom stereocenters. The van der Waals surface area contributed by atoms with Crippen LogP contribution in [0.3, 0.4) is 0 Å². The summed E-state index contributed by atoms with van der Waals surface area (Å²) in [5.74, 6) is 1.63. The molecule has 1 saturated heterocycles. The van der Waals surface area contributed by atoms with Crippen LogP contribution in [-0.2, 0) is 22.6 Å². The molecule has 1 aliphatic rings. The molecule has 1 amide bonds. The molecule has 2 aromatic rings. The number of carbonyl (C=O) groups is 1. The van der Waals surface area contributed by atoms with Gasteiger partial charge in [0.2, 0.25) is 5.95 Å². The zero-order chi connectivity index (χ0) is 21.3. The standard InChI is InChI=1S/C19H27BrN6O4/c1-3-5-26-19(22-23-24-26)21-12-14-10-15(20)18(16(11-14)29-4-2)30-13-17(27)25-6-8-28-9-7-25/h10-11H,3-9,12-13H2,1-2H3,(H,21,22,24). The van der Waals surface area contributed by atoms with Gasteiger partial charge in [-0.25, -0.2) is 4.68 Å². The minimum atomic E-state index is -0.0684. The number of hydrogen-bond acceptors (Lipinski definition) is 8. The van der Waals surface area contributed by atoms with Gasteiger partial charge in [0, 0.05) is 26.2 Å². The van der Waals surface area contributed by atoms with Crippen molar-refractivity contribution in [3.63, 3.8) is 0 Å². The highest BCUT2D eigenvalue weighted by Gasteiger charge is 2.19. The summed E-state index contributed by atoms with van der Waals surface area (Å²) in [7, 11) is 0. The second kappa shape index (κ2) is 11.1. The lowest BCUT2D eigenvalue weighted by molar-refractivity contribution is -0.137. The second-order valence-corrected chi connectivity index (χ2v) is 7.55. The van der Waals surface area contributed by atoms with E-state index in [0.29, 0.717) is 61.4 Å². The van der Waals surface area contributed by atoms with E-state index in [2.05, 4.69) is 43.7 Å². The fraction of sp³-hybridized carbons (Fsp3) is 0.579. The summed E-state index contributed by atoms with van der Waals surface area (Å²) in [5.41, 5.74) is 0.961. The number of amides is 1. The number of tetrazole rings is 1. The van der Waals surface area contributed by atoms with Crippen LogP contribution in [0.15, 0.2) is 16.6 Å². The Hall–Kier alpha value is -2.40. The van der Waals surface area contributed by atoms with Crippen LogP contribution in [0.5, 0.6) is 11.5 Å². The van der Waals surface area contributed by atoms with Gasteiger partial charge in [-0.15, -0.1) is 0 Å². The molecule has 1 fully saturated rings. The lowest BCUT2D eigenvalue weighted by Crippen LogP contribution is -2.43. The predicted molar refractivity (Wildman–Crippen MR) is 114 cm³/mol. The Kier molecular flexibility index (Phi) is 8.26. The van der Waals surface area contributed by atoms with Gasteiger partial charge in [0.05, 0.1) is 24.3 Å². The second-order valence-electron chi connectivity index (χ2n) is 6.70. The molecule has 1 aromatic heterocycles. The molecule has 0 spiro atoms. The maximum atomic E-state index is 12.4. The molecule has 30 heavy (non-hydrogen) atoms. The van der Waals surface area contributed by atoms with E-state index in [1.807, 2.05) is 19.1 Å². The molecule has 10 nitrogen and oxygen atoms in total. The molecule has 3 rings (SSSR count). The molecule has 0 bridgehead atoms. The molecule has 0 saturated carbocycles. The third-order valence-corrected chi connectivity index (χ3v) is 5.08. The molecule has 1 aromatic carbocycles. The molecular formula is C19H27BrN6O4. The fourth-order valence-corrected chi connectivity index (χ4v) is 3.64. The number of hydrogen-bond donors (Lipinski definition) is 1. The van der Waals surface area contributed by atoms with E-state index in [0.717, 1.165) is 18.5 Å². The number of aryl methyl sites for hydroxylation is 1. The van der Waals surface area contributed by atoms with Crippen LogP contribution in [-0.4, -0.2) is 70.5 Å². The van der Waals surface area contributed by atoms with Gasteiger partial charge < -0.3 is 24.4 Å². The highest BCUT2D eigenvalue weighted by Crippen LogP contribution is 2.37. The molecular weight excluding hydrogens is 456 g/mol. The maximum Gasteiger partial charge on any atom is 0.260 e. The SMILES string of the molecule is CCCn1nnnc1NCc1cc(Br)c(OCC(=O)N2CCOCC2)c(OCC)c1. The van der Waals surface area contributed by atoms with Crippen LogP contribution < -0.4 is 14.8 Å². The Morgan fingerprint density at radius 3 is 2.80 bits per heavy atom. The molecule has 0 radical (unpaired) electrons. The van der Waals surface area contributed by atoms with Crippen molar-refractivity contribution in [2.24, 2.45) is 0 Å². The van der Waals surface area contributed by atoms with Crippen LogP contribution in [0.1, 0.15) is 25.8 Å². The third-order valence-electron chi connectivity index (χ3n) is 4.49. The number of anilines is 1. The van der Waals surface area contributed by atoms with Gasteiger partial charge in [-0.2, -0.15) is 0 Å². The van der Waals surface area contributed by atoms with Crippen molar-refractivity contribution < 1.29 is 19.0 Å². The van der Waals surface area contributed by atoms with Gasteiger partial charge in [-0.3, -0.25) is 4.79 Å². The fourth-order valence-electron chi connectivity index (χ4n) is 3.04. The van der Waals surface area contributed by atoms with Crippen molar-refractivity contribution >= 4 is 27.8 Å². The number of ether oxygens (including phenoxy) is 3. The number of nitrogens with zero attached hydrogens (tertiary/aromatic N) is 5. The maximum absolute atomic E-state index is 12.4. The Balaban J connectivity index is 1.67. The zero-order valence-electron chi connectivity index (χ0n) is 17.3. The first-order valence-corrected chi connectivity index (χ1v) is 10.8. The minimum absolute atomic E-state index is 0.0535. The monoisotopic (exact) mass is 482 g/mol. The van der Waals surface area contributed by atoms with E-state index in [4.69, 9.17) is 14.2 Å². The van der Waals surface area contributed by atoms with Gasteiger partial charge in [0.15, 0.2) is 18.1 Å². The summed E-state index contributed by atoms with van der Waals surface area (Å²) < 4.78 is 19.3. The summed E-state index contributed by atoms with van der Waals surface area (Å²) >= 11 is 3.55. The van der Waals surface area contributed by atoms with E-state index in [1.54, 1.807) is 9.58 Å². The lowest BCUT2D eigenvalue weighted by atomic mass is 10.2. The van der Waals surface area contributed by atoms with Gasteiger partial charge in [-0.1, -0.05) is 12.0 Å². The first-order valence-electron chi connectivity index (χ1n) is 10.1. The lowest BCUT2D eigenvalue weighted by Gasteiger charge is -2.27. The minimum Gasteiger partial charge on any atom is -0.490 e. The van der Waals surface area contributed by atoms with E-state index in [-0.39, 0.29) is 12.5 Å². The molecule has 11 heteroatoms. The number of morpholine rings is 1. The largest absolute Gasteiger partial charge is 0.490 e. The van der Waals surface area contributed by atoms with Crippen LogP contribution >= 0.6 is 15.9 Å². The quantitative estimate of drug-likeness (QED) is 0.548. The topological polar surface area (TPSA) is 104 Å². The molecule has 1 aliphatic heterocycles. The highest BCUT2D eigenvalue weighted by atomic mass is 79.9. The smallest absolute Gasteiger partial charge is 0.260 e. The van der Waals surface area contributed by atoms with Crippen molar-refractivity contribution in [1.82, 2.24) is 25.1 Å². The Morgan fingerprint density at radius 2 is 2.07 bits per heavy atom. The average Bonchev–Trinajstić information content (AvgIpc) is 3.19. The van der Waals surface area contributed by atoms with Gasteiger partial charge >= 0.3 is 0 Å². The number of halogens is 1. The van der Waals surface area contributed by atoms with E-state index in [1.165, 1.54) is 0 Å². The highest BCUT2D eigenvalue weighted by molar-refractivity contribution is 9.10. The predicted octanol–water partition coefficient (Wildman–Crippen LogP) is 2.09. The van der Waals surface area contributed by atoms with Crippen molar-refractivity contribution in [2.75, 3.05) is 44.8 Å². The van der Waals surface area contributed by atoms with Crippen molar-refractivity contribution in [3.8, 4) is 11.5 Å². The van der Waals surface area contributed by atoms with E-state index < -0.39 is 0 Å². The summed E-state index contributed by atoms with van der Waals surface area (Å²) in [5, 5.41) is 14.9. The zero-order valence-corrected chi connectivity index (χ0v) is 18.9. The van der Waals surface area contributed by atoms with Crippen LogP contribution in [0, 0.1) is 0 Å². The summed E-state index contributed by atoms with van der Waals surface area (Å²) in [6.45, 7) is 7.94. The van der Waals surface area contributed by atoms with Gasteiger partial charge in [0.25, 0.3) is 5.91 Å². The number of benzene rings is 1. The molecule has 1 N–H and O–H groups in total. The van der Waals surface area contributed by atoms with Crippen LogP contribution in [0.4, 0.5) is 5.95 Å². The molecule has 2 heterocycles. The van der Waals surface area contributed by atoms with Crippen molar-refractivity contribution in [2.45, 2.75) is 33.4 Å². The first kappa shape index (κ1) is 22.3. The van der Waals surface area contributed by atoms with Crippen LogP contribution in [0.25, 0.3) is 0 Å². The average molecular weight is 483 g/mol. The van der Waals surface area contributed by atoms with E-state index >= 15 is 0 Å². The summed E-state index contributed by atoms with van der Waals surface area (Å²) in [6.07, 6.45) is 0.939. The third kappa shape index (κ3) is 5.82. The number of rotatable bonds is 10.